The van der Waals surface area contributed by atoms with E-state index in [0.717, 1.165) is 6.42 Å². The summed E-state index contributed by atoms with van der Waals surface area (Å²) in [5.74, 6) is -2.62. The Bertz CT molecular complexity index is 340. The number of rotatable bonds is 9. The second-order valence-electron chi connectivity index (χ2n) is 4.08. The summed E-state index contributed by atoms with van der Waals surface area (Å²) in [5.41, 5.74) is 16.2. The molecular formula is C11H21N3O5S. The summed E-state index contributed by atoms with van der Waals surface area (Å²) in [5, 5.41) is 0. The summed E-state index contributed by atoms with van der Waals surface area (Å²) in [7, 11) is 0. The number of hydrogen-bond donors (Lipinski definition) is 4. The summed E-state index contributed by atoms with van der Waals surface area (Å²) in [4.78, 5) is 33.8. The lowest BCUT2D eigenvalue weighted by Gasteiger charge is -2.11. The van der Waals surface area contributed by atoms with Crippen LogP contribution in [-0.4, -0.2) is 48.9 Å². The van der Waals surface area contributed by atoms with Crippen LogP contribution in [0.2, 0.25) is 0 Å². The maximum atomic E-state index is 11.4. The third kappa shape index (κ3) is 8.10. The average Bonchev–Trinajstić information content (AvgIpc) is 2.43. The van der Waals surface area contributed by atoms with Crippen molar-refractivity contribution >= 4 is 30.5 Å². The predicted molar refractivity (Wildman–Crippen MR) is 74.8 cm³/mol. The molecule has 0 fully saturated rings. The topological polar surface area (TPSA) is 148 Å². The van der Waals surface area contributed by atoms with Gasteiger partial charge in [-0.3, -0.25) is 4.79 Å². The number of unbranched alkanes of at least 4 members (excludes halogenated alkanes) is 1. The normalized spacial score (nSPS) is 13.4. The molecule has 6 N–H and O–H groups in total. The molecule has 0 amide bonds. The molecule has 0 rings (SSSR count). The highest BCUT2D eigenvalue weighted by Gasteiger charge is 2.20. The van der Waals surface area contributed by atoms with Crippen molar-refractivity contribution in [3.63, 3.8) is 0 Å². The van der Waals surface area contributed by atoms with Crippen LogP contribution in [0.15, 0.2) is 0 Å². The predicted octanol–water partition coefficient (Wildman–Crippen LogP) is -1.69. The van der Waals surface area contributed by atoms with E-state index in [9.17, 15) is 14.4 Å². The fraction of sp³-hybridized carbons (Fsp3) is 0.727. The van der Waals surface area contributed by atoms with Gasteiger partial charge in [0.1, 0.15) is 12.1 Å². The van der Waals surface area contributed by atoms with Gasteiger partial charge in [-0.2, -0.15) is 12.6 Å². The molecule has 0 aromatic heterocycles. The molecule has 0 spiro atoms. The molecule has 8 nitrogen and oxygen atoms in total. The lowest BCUT2D eigenvalue weighted by molar-refractivity contribution is -0.167. The Morgan fingerprint density at radius 1 is 1.05 bits per heavy atom. The number of hydrogen-bond acceptors (Lipinski definition) is 9. The van der Waals surface area contributed by atoms with E-state index in [0.29, 0.717) is 19.4 Å². The van der Waals surface area contributed by atoms with Gasteiger partial charge in [-0.25, -0.2) is 9.59 Å². The van der Waals surface area contributed by atoms with E-state index in [2.05, 4.69) is 22.1 Å². The first-order valence-electron chi connectivity index (χ1n) is 6.15. The van der Waals surface area contributed by atoms with Crippen molar-refractivity contribution in [2.45, 2.75) is 31.3 Å². The van der Waals surface area contributed by atoms with Gasteiger partial charge in [-0.15, -0.1) is 0 Å². The van der Waals surface area contributed by atoms with Gasteiger partial charge in [0.05, 0.1) is 0 Å². The van der Waals surface area contributed by atoms with Crippen molar-refractivity contribution < 1.29 is 23.9 Å². The number of nitrogens with two attached hydrogens (primary N) is 3. The molecule has 2 atom stereocenters. The third-order valence-corrected chi connectivity index (χ3v) is 2.71. The largest absolute Gasteiger partial charge is 0.452 e. The Labute approximate surface area is 122 Å². The number of carbonyl (C=O) groups excluding carboxylic acids is 3. The van der Waals surface area contributed by atoms with Gasteiger partial charge in [0.2, 0.25) is 0 Å². The lowest BCUT2D eigenvalue weighted by Crippen LogP contribution is -2.37. The van der Waals surface area contributed by atoms with Crippen LogP contribution in [0, 0.1) is 0 Å². The molecule has 0 unspecified atom stereocenters. The van der Waals surface area contributed by atoms with Crippen molar-refractivity contribution in [1.82, 2.24) is 0 Å². The Morgan fingerprint density at radius 3 is 2.25 bits per heavy atom. The molecule has 0 aromatic rings. The Kier molecular flexibility index (Phi) is 9.99. The lowest BCUT2D eigenvalue weighted by atomic mass is 10.1. The third-order valence-electron chi connectivity index (χ3n) is 2.32. The maximum Gasteiger partial charge on any atom is 0.351 e. The highest BCUT2D eigenvalue weighted by Crippen LogP contribution is 2.00. The molecule has 0 saturated carbocycles. The van der Waals surface area contributed by atoms with E-state index in [1.54, 1.807) is 0 Å². The van der Waals surface area contributed by atoms with Crippen LogP contribution in [-0.2, 0) is 23.9 Å². The summed E-state index contributed by atoms with van der Waals surface area (Å²) in [6.07, 6.45) is 1.85. The molecule has 0 saturated heterocycles. The summed E-state index contributed by atoms with van der Waals surface area (Å²) in [6, 6.07) is -1.83. The van der Waals surface area contributed by atoms with Crippen molar-refractivity contribution in [2.24, 2.45) is 17.2 Å². The van der Waals surface area contributed by atoms with Crippen LogP contribution >= 0.6 is 12.6 Å². The molecule has 0 radical (unpaired) electrons. The van der Waals surface area contributed by atoms with Crippen molar-refractivity contribution in [3.8, 4) is 0 Å². The van der Waals surface area contributed by atoms with E-state index in [-0.39, 0.29) is 5.75 Å². The second kappa shape index (κ2) is 10.6. The molecule has 0 heterocycles. The van der Waals surface area contributed by atoms with Crippen LogP contribution < -0.4 is 17.2 Å². The first kappa shape index (κ1) is 18.8. The molecule has 0 aliphatic carbocycles. The smallest absolute Gasteiger partial charge is 0.351 e. The molecule has 9 heteroatoms. The molecule has 20 heavy (non-hydrogen) atoms. The number of carbonyl (C=O) groups is 3. The first-order valence-corrected chi connectivity index (χ1v) is 6.78. The van der Waals surface area contributed by atoms with Gasteiger partial charge >= 0.3 is 17.9 Å². The Balaban J connectivity index is 3.93. The fourth-order valence-corrected chi connectivity index (χ4v) is 1.30. The number of thiol groups is 1. The van der Waals surface area contributed by atoms with Crippen LogP contribution in [0.1, 0.15) is 19.3 Å². The van der Waals surface area contributed by atoms with Crippen LogP contribution in [0.5, 0.6) is 0 Å². The van der Waals surface area contributed by atoms with E-state index < -0.39 is 36.6 Å². The van der Waals surface area contributed by atoms with Crippen LogP contribution in [0.25, 0.3) is 0 Å². The van der Waals surface area contributed by atoms with Gasteiger partial charge in [-0.1, -0.05) is 6.42 Å². The highest BCUT2D eigenvalue weighted by atomic mass is 32.1. The van der Waals surface area contributed by atoms with Crippen LogP contribution in [0.4, 0.5) is 0 Å². The van der Waals surface area contributed by atoms with Gasteiger partial charge in [0.25, 0.3) is 0 Å². The molecule has 0 aromatic carbocycles. The molecule has 0 aliphatic rings. The van der Waals surface area contributed by atoms with Crippen molar-refractivity contribution in [3.05, 3.63) is 0 Å². The van der Waals surface area contributed by atoms with Crippen molar-refractivity contribution in [2.75, 3.05) is 18.9 Å². The zero-order valence-corrected chi connectivity index (χ0v) is 12.0. The van der Waals surface area contributed by atoms with Crippen LogP contribution in [0.3, 0.4) is 0 Å². The SMILES string of the molecule is NCCCC[C@H](N)C(=O)OCC(=O)OC(=O)[C@@H](N)CS. The minimum absolute atomic E-state index is 0.0396. The average molecular weight is 307 g/mol. The maximum absolute atomic E-state index is 11.4. The van der Waals surface area contributed by atoms with Gasteiger partial charge < -0.3 is 26.7 Å². The van der Waals surface area contributed by atoms with Gasteiger partial charge in [0.15, 0.2) is 6.61 Å². The zero-order chi connectivity index (χ0) is 15.5. The molecule has 0 bridgehead atoms. The number of ether oxygens (including phenoxy) is 2. The quantitative estimate of drug-likeness (QED) is 0.171. The Hall–Kier alpha value is -1.16. The van der Waals surface area contributed by atoms with Gasteiger partial charge in [-0.05, 0) is 19.4 Å². The minimum atomic E-state index is -1.00. The van der Waals surface area contributed by atoms with E-state index in [1.165, 1.54) is 0 Å². The van der Waals surface area contributed by atoms with E-state index >= 15 is 0 Å². The molecule has 116 valence electrons. The minimum Gasteiger partial charge on any atom is -0.452 e. The molecular weight excluding hydrogens is 286 g/mol. The summed E-state index contributed by atoms with van der Waals surface area (Å²) in [6.45, 7) is -0.171. The van der Waals surface area contributed by atoms with Crippen molar-refractivity contribution in [1.29, 1.82) is 0 Å². The summed E-state index contributed by atoms with van der Waals surface area (Å²) < 4.78 is 8.97. The van der Waals surface area contributed by atoms with E-state index in [4.69, 9.17) is 17.2 Å². The van der Waals surface area contributed by atoms with Gasteiger partial charge in [0, 0.05) is 5.75 Å². The highest BCUT2D eigenvalue weighted by molar-refractivity contribution is 7.80. The number of esters is 3. The fourth-order valence-electron chi connectivity index (χ4n) is 1.16. The van der Waals surface area contributed by atoms with E-state index in [1.807, 2.05) is 0 Å². The first-order chi connectivity index (χ1) is 9.42. The standard InChI is InChI=1S/C11H21N3O5S/c12-4-2-1-3-7(13)10(16)18-5-9(15)19-11(17)8(14)6-20/h7-8,20H,1-6,12-14H2/t7-,8-/m0/s1. The Morgan fingerprint density at radius 2 is 1.70 bits per heavy atom. The zero-order valence-electron chi connectivity index (χ0n) is 11.1. The monoisotopic (exact) mass is 307 g/mol. The summed E-state index contributed by atoms with van der Waals surface area (Å²) >= 11 is 3.78. The second-order valence-corrected chi connectivity index (χ2v) is 4.45. The molecule has 0 aliphatic heterocycles.